The minimum Gasteiger partial charge on any atom is -0.299 e. The molecule has 3 rings (SSSR count). The van der Waals surface area contributed by atoms with E-state index in [4.69, 9.17) is 0 Å². The molecule has 0 atom stereocenters. The molecule has 3 heteroatoms. The van der Waals surface area contributed by atoms with Gasteiger partial charge in [0.05, 0.1) is 9.20 Å². The molecular formula is C13H11NOS. The molecule has 80 valence electrons. The fourth-order valence-electron chi connectivity index (χ4n) is 1.92. The molecule has 0 spiro atoms. The summed E-state index contributed by atoms with van der Waals surface area (Å²) < 4.78 is 3.80. The van der Waals surface area contributed by atoms with Crippen molar-refractivity contribution in [2.45, 2.75) is 13.0 Å². The lowest BCUT2D eigenvalue weighted by Gasteiger charge is -1.89. The number of hydrogen-bond acceptors (Lipinski definition) is 2. The summed E-state index contributed by atoms with van der Waals surface area (Å²) >= 11 is 1.58. The summed E-state index contributed by atoms with van der Waals surface area (Å²) in [5.74, 6) is 0. The third-order valence-electron chi connectivity index (χ3n) is 2.71. The molecule has 0 fully saturated rings. The van der Waals surface area contributed by atoms with Gasteiger partial charge in [-0.25, -0.2) is 0 Å². The molecule has 0 amide bonds. The van der Waals surface area contributed by atoms with E-state index in [1.165, 1.54) is 0 Å². The lowest BCUT2D eigenvalue weighted by molar-refractivity contribution is 0.723. The van der Waals surface area contributed by atoms with Crippen molar-refractivity contribution in [1.29, 1.82) is 0 Å². The molecule has 1 aromatic carbocycles. The maximum absolute atomic E-state index is 12.0. The Bertz CT molecular complexity index is 679. The van der Waals surface area contributed by atoms with Crippen molar-refractivity contribution in [2.75, 3.05) is 0 Å². The van der Waals surface area contributed by atoms with Gasteiger partial charge in [-0.15, -0.1) is 11.3 Å². The highest BCUT2D eigenvalue weighted by molar-refractivity contribution is 7.07. The van der Waals surface area contributed by atoms with Crippen molar-refractivity contribution in [2.24, 2.45) is 0 Å². The van der Waals surface area contributed by atoms with Crippen LogP contribution in [-0.4, -0.2) is 4.57 Å². The first-order valence-corrected chi connectivity index (χ1v) is 6.13. The van der Waals surface area contributed by atoms with Crippen molar-refractivity contribution in [1.82, 2.24) is 4.57 Å². The van der Waals surface area contributed by atoms with E-state index in [0.29, 0.717) is 0 Å². The molecule has 0 bridgehead atoms. The summed E-state index contributed by atoms with van der Waals surface area (Å²) in [5.41, 5.74) is 1.23. The lowest BCUT2D eigenvalue weighted by atomic mass is 10.2. The number of fused-ring (bicyclic) bond motifs is 1. The third kappa shape index (κ3) is 1.53. The van der Waals surface area contributed by atoms with Crippen molar-refractivity contribution >= 4 is 23.5 Å². The molecule has 2 heterocycles. The van der Waals surface area contributed by atoms with Crippen LogP contribution >= 0.6 is 11.3 Å². The third-order valence-corrected chi connectivity index (χ3v) is 3.81. The number of benzene rings is 1. The summed E-state index contributed by atoms with van der Waals surface area (Å²) in [7, 11) is 0. The first kappa shape index (κ1) is 9.60. The second kappa shape index (κ2) is 3.76. The smallest absolute Gasteiger partial charge is 0.269 e. The van der Waals surface area contributed by atoms with Crippen LogP contribution in [0.3, 0.4) is 0 Å². The fourth-order valence-corrected chi connectivity index (χ4v) is 3.02. The predicted octanol–water partition coefficient (Wildman–Crippen LogP) is 0.923. The molecule has 0 radical (unpaired) electrons. The van der Waals surface area contributed by atoms with Crippen LogP contribution in [0.5, 0.6) is 0 Å². The molecule has 1 aliphatic heterocycles. The molecule has 2 aromatic rings. The number of aromatic nitrogens is 1. The van der Waals surface area contributed by atoms with Crippen LogP contribution < -0.4 is 14.8 Å². The van der Waals surface area contributed by atoms with Crippen LogP contribution in [0.1, 0.15) is 12.0 Å². The maximum Gasteiger partial charge on any atom is 0.269 e. The molecule has 16 heavy (non-hydrogen) atoms. The monoisotopic (exact) mass is 229 g/mol. The molecule has 2 nitrogen and oxygen atoms in total. The van der Waals surface area contributed by atoms with Crippen LogP contribution in [0.15, 0.2) is 35.1 Å². The molecule has 0 aliphatic carbocycles. The second-order valence-corrected chi connectivity index (χ2v) is 4.87. The molecule has 0 saturated carbocycles. The summed E-state index contributed by atoms with van der Waals surface area (Å²) in [5, 5.41) is 0. The Labute approximate surface area is 96.8 Å². The van der Waals surface area contributed by atoms with E-state index >= 15 is 0 Å². The highest BCUT2D eigenvalue weighted by Gasteiger charge is 2.07. The molecule has 0 N–H and O–H groups in total. The predicted molar refractivity (Wildman–Crippen MR) is 66.9 cm³/mol. The Morgan fingerprint density at radius 3 is 2.81 bits per heavy atom. The van der Waals surface area contributed by atoms with E-state index in [-0.39, 0.29) is 5.56 Å². The Morgan fingerprint density at radius 2 is 2.06 bits per heavy atom. The number of nitrogens with zero attached hydrogens (tertiary/aromatic N) is 1. The SMILES string of the molecule is O=c1/c(=C/c2ccccc2)sc2n1CCC=2. The van der Waals surface area contributed by atoms with Gasteiger partial charge in [-0.2, -0.15) is 0 Å². The van der Waals surface area contributed by atoms with Gasteiger partial charge in [0, 0.05) is 6.54 Å². The molecular weight excluding hydrogens is 218 g/mol. The molecule has 0 unspecified atom stereocenters. The van der Waals surface area contributed by atoms with Crippen molar-refractivity contribution in [3.8, 4) is 0 Å². The zero-order valence-corrected chi connectivity index (χ0v) is 9.54. The number of hydrogen-bond donors (Lipinski definition) is 0. The highest BCUT2D eigenvalue weighted by Crippen LogP contribution is 1.99. The quantitative estimate of drug-likeness (QED) is 0.713. The van der Waals surface area contributed by atoms with Crippen LogP contribution in [0.4, 0.5) is 0 Å². The zero-order valence-electron chi connectivity index (χ0n) is 8.72. The van der Waals surface area contributed by atoms with E-state index < -0.39 is 0 Å². The molecule has 0 saturated heterocycles. The van der Waals surface area contributed by atoms with Gasteiger partial charge in [-0.1, -0.05) is 30.3 Å². The van der Waals surface area contributed by atoms with Crippen molar-refractivity contribution < 1.29 is 0 Å². The standard InChI is InChI=1S/C13H11NOS/c15-13-11(9-10-5-2-1-3-6-10)16-12-7-4-8-14(12)13/h1-3,5-7,9H,4,8H2/b11-9-. The van der Waals surface area contributed by atoms with E-state index in [2.05, 4.69) is 6.08 Å². The van der Waals surface area contributed by atoms with E-state index in [1.54, 1.807) is 11.3 Å². The van der Waals surface area contributed by atoms with E-state index in [1.807, 2.05) is 41.0 Å². The van der Waals surface area contributed by atoms with Gasteiger partial charge in [0.15, 0.2) is 0 Å². The summed E-state index contributed by atoms with van der Waals surface area (Å²) in [6, 6.07) is 9.97. The topological polar surface area (TPSA) is 22.0 Å². The van der Waals surface area contributed by atoms with Gasteiger partial charge in [-0.05, 0) is 24.1 Å². The van der Waals surface area contributed by atoms with E-state index in [0.717, 1.165) is 27.7 Å². The average molecular weight is 229 g/mol. The van der Waals surface area contributed by atoms with Gasteiger partial charge in [0.2, 0.25) is 0 Å². The van der Waals surface area contributed by atoms with Crippen molar-refractivity contribution in [3.63, 3.8) is 0 Å². The Morgan fingerprint density at radius 1 is 1.25 bits per heavy atom. The van der Waals surface area contributed by atoms with E-state index in [9.17, 15) is 4.79 Å². The Kier molecular flexibility index (Phi) is 2.26. The van der Waals surface area contributed by atoms with Gasteiger partial charge in [0.25, 0.3) is 5.56 Å². The maximum atomic E-state index is 12.0. The molecule has 1 aliphatic rings. The lowest BCUT2D eigenvalue weighted by Crippen LogP contribution is -2.29. The van der Waals surface area contributed by atoms with Gasteiger partial charge in [0.1, 0.15) is 0 Å². The van der Waals surface area contributed by atoms with Crippen molar-refractivity contribution in [3.05, 3.63) is 55.4 Å². The number of rotatable bonds is 1. The highest BCUT2D eigenvalue weighted by atomic mass is 32.1. The zero-order chi connectivity index (χ0) is 11.0. The Balaban J connectivity index is 2.22. The summed E-state index contributed by atoms with van der Waals surface area (Å²) in [6.45, 7) is 0.841. The van der Waals surface area contributed by atoms with Gasteiger partial charge >= 0.3 is 0 Å². The Hall–Kier alpha value is -1.61. The van der Waals surface area contributed by atoms with Gasteiger partial charge in [-0.3, -0.25) is 9.36 Å². The van der Waals surface area contributed by atoms with Crippen LogP contribution in [0.25, 0.3) is 12.2 Å². The van der Waals surface area contributed by atoms with Crippen LogP contribution in [0.2, 0.25) is 0 Å². The minimum absolute atomic E-state index is 0.151. The largest absolute Gasteiger partial charge is 0.299 e. The van der Waals surface area contributed by atoms with Crippen LogP contribution in [-0.2, 0) is 6.54 Å². The van der Waals surface area contributed by atoms with Gasteiger partial charge < -0.3 is 0 Å². The molecule has 1 aromatic heterocycles. The minimum atomic E-state index is 0.151. The second-order valence-electron chi connectivity index (χ2n) is 3.81. The first-order valence-electron chi connectivity index (χ1n) is 5.31. The summed E-state index contributed by atoms with van der Waals surface area (Å²) in [4.78, 5) is 12.0. The first-order chi connectivity index (χ1) is 7.84. The average Bonchev–Trinajstić information content (AvgIpc) is 2.86. The van der Waals surface area contributed by atoms with Crippen LogP contribution in [0, 0.1) is 0 Å². The summed E-state index contributed by atoms with van der Waals surface area (Å²) in [6.07, 6.45) is 5.09. The fraction of sp³-hybridized carbons (Fsp3) is 0.154. The normalized spacial score (nSPS) is 14.9. The number of thiazole rings is 1.